The lowest BCUT2D eigenvalue weighted by Crippen LogP contribution is -2.31. The molecule has 16 aromatic rings. The molecule has 2 heterocycles. The van der Waals surface area contributed by atoms with Gasteiger partial charge in [-0.15, -0.1) is 0 Å². The van der Waals surface area contributed by atoms with E-state index in [-0.39, 0.29) is 0 Å². The molecule has 2 aliphatic heterocycles. The molecule has 0 saturated heterocycles. The zero-order valence-corrected chi connectivity index (χ0v) is 55.3. The van der Waals surface area contributed by atoms with Crippen LogP contribution in [0.3, 0.4) is 0 Å². The first kappa shape index (κ1) is 56.8. The van der Waals surface area contributed by atoms with Gasteiger partial charge in [-0.1, -0.05) is 303 Å². The summed E-state index contributed by atoms with van der Waals surface area (Å²) in [4.78, 5) is 0. The lowest BCUT2D eigenvalue weighted by atomic mass is 9.63. The van der Waals surface area contributed by atoms with E-state index in [1.165, 1.54) is 133 Å². The molecule has 16 aromatic carbocycles. The molecule has 4 atom stereocenters. The molecule has 100 heavy (non-hydrogen) atoms. The highest BCUT2D eigenvalue weighted by Crippen LogP contribution is 2.67. The highest BCUT2D eigenvalue weighted by molar-refractivity contribution is 6.07. The minimum Gasteiger partial charge on any atom is -0.457 e. The van der Waals surface area contributed by atoms with Gasteiger partial charge in [0.2, 0.25) is 0 Å². The van der Waals surface area contributed by atoms with Crippen LogP contribution >= 0.6 is 0 Å². The number of rotatable bonds is 7. The number of para-hydroxylation sites is 2. The maximum atomic E-state index is 7.01. The van der Waals surface area contributed by atoms with E-state index in [1.807, 2.05) is 0 Å². The Hall–Kier alpha value is -12.4. The molecule has 2 nitrogen and oxygen atoms in total. The molecule has 1 spiro atoms. The second kappa shape index (κ2) is 21.1. The molecule has 0 saturated carbocycles. The molecule has 4 unspecified atom stereocenters. The zero-order valence-electron chi connectivity index (χ0n) is 55.3. The van der Waals surface area contributed by atoms with Crippen molar-refractivity contribution in [1.29, 1.82) is 0 Å². The maximum absolute atomic E-state index is 7.01. The summed E-state index contributed by atoms with van der Waals surface area (Å²) in [6.07, 6.45) is 0. The van der Waals surface area contributed by atoms with Gasteiger partial charge in [0.05, 0.1) is 21.7 Å². The average Bonchev–Trinajstić information content (AvgIpc) is 1.49. The highest BCUT2D eigenvalue weighted by Gasteiger charge is 2.54. The van der Waals surface area contributed by atoms with Gasteiger partial charge < -0.3 is 9.47 Å². The molecule has 3 aliphatic carbocycles. The summed E-state index contributed by atoms with van der Waals surface area (Å²) in [5.41, 5.74) is 29.4. The van der Waals surface area contributed by atoms with E-state index in [4.69, 9.17) is 9.47 Å². The SMILES string of the molecule is CC1(c2ccccc2)c2ccccc2Oc2cccc(-c3ccc4c(c3)C3(c5ccccc5-c5cc(-c6cccc7cc8c(cc67)-c6ccccc6C8(c6ccccc6)c6ccccc6-c6cccc7c6C(C)(c6ccccc6)c6ccccc6O7)ccc53)c3c-4ccc4ccccc34)c21. The van der Waals surface area contributed by atoms with Crippen LogP contribution in [0.25, 0.3) is 88.3 Å². The van der Waals surface area contributed by atoms with Crippen LogP contribution in [0.5, 0.6) is 23.0 Å². The van der Waals surface area contributed by atoms with Crippen LogP contribution < -0.4 is 9.47 Å². The van der Waals surface area contributed by atoms with Crippen molar-refractivity contribution in [3.05, 3.63) is 430 Å². The Morgan fingerprint density at radius 3 is 1.24 bits per heavy atom. The minimum atomic E-state index is -0.725. The van der Waals surface area contributed by atoms with Gasteiger partial charge in [-0.05, 0) is 206 Å². The lowest BCUT2D eigenvalue weighted by molar-refractivity contribution is 0.427. The summed E-state index contributed by atoms with van der Waals surface area (Å²) in [6, 6.07) is 132. The predicted octanol–water partition coefficient (Wildman–Crippen LogP) is 24.6. The first-order valence-electron chi connectivity index (χ1n) is 35.0. The molecular weight excluding hydrogens is 1210 g/mol. The van der Waals surface area contributed by atoms with Gasteiger partial charge in [0, 0.05) is 22.3 Å². The summed E-state index contributed by atoms with van der Waals surface area (Å²) in [5, 5.41) is 4.91. The van der Waals surface area contributed by atoms with Crippen LogP contribution in [0.4, 0.5) is 0 Å². The van der Waals surface area contributed by atoms with Crippen LogP contribution in [0, 0.1) is 0 Å². The monoisotopic (exact) mass is 1270 g/mol. The second-order valence-electron chi connectivity index (χ2n) is 28.2. The van der Waals surface area contributed by atoms with Gasteiger partial charge in [-0.2, -0.15) is 0 Å². The number of hydrogen-bond acceptors (Lipinski definition) is 2. The lowest BCUT2D eigenvalue weighted by Gasteiger charge is -2.41. The fraction of sp³-hybridized carbons (Fsp3) is 0.0612. The third-order valence-corrected chi connectivity index (χ3v) is 23.6. The Morgan fingerprint density at radius 1 is 0.200 bits per heavy atom. The Bertz CT molecular complexity index is 6140. The first-order valence-corrected chi connectivity index (χ1v) is 35.0. The van der Waals surface area contributed by atoms with Crippen molar-refractivity contribution in [2.75, 3.05) is 0 Å². The van der Waals surface area contributed by atoms with Crippen LogP contribution in [-0.2, 0) is 21.7 Å². The van der Waals surface area contributed by atoms with Crippen molar-refractivity contribution < 1.29 is 9.47 Å². The summed E-state index contributed by atoms with van der Waals surface area (Å²) < 4.78 is 14.0. The number of fused-ring (bicyclic) bond motifs is 20. The predicted molar refractivity (Wildman–Crippen MR) is 408 cm³/mol. The molecule has 0 radical (unpaired) electrons. The van der Waals surface area contributed by atoms with Gasteiger partial charge in [-0.25, -0.2) is 0 Å². The van der Waals surface area contributed by atoms with Gasteiger partial charge in [-0.3, -0.25) is 0 Å². The third kappa shape index (κ3) is 7.47. The molecule has 0 bridgehead atoms. The summed E-state index contributed by atoms with van der Waals surface area (Å²) >= 11 is 0. The number of benzene rings is 16. The van der Waals surface area contributed by atoms with Gasteiger partial charge in [0.25, 0.3) is 0 Å². The van der Waals surface area contributed by atoms with Crippen molar-refractivity contribution in [3.8, 4) is 89.8 Å². The van der Waals surface area contributed by atoms with Gasteiger partial charge in [0.15, 0.2) is 0 Å². The van der Waals surface area contributed by atoms with E-state index >= 15 is 0 Å². The molecule has 21 rings (SSSR count). The Morgan fingerprint density at radius 2 is 0.600 bits per heavy atom. The van der Waals surface area contributed by atoms with Crippen molar-refractivity contribution >= 4 is 21.5 Å². The summed E-state index contributed by atoms with van der Waals surface area (Å²) in [5.74, 6) is 3.54. The van der Waals surface area contributed by atoms with Crippen molar-refractivity contribution in [3.63, 3.8) is 0 Å². The van der Waals surface area contributed by atoms with Crippen molar-refractivity contribution in [2.24, 2.45) is 0 Å². The second-order valence-corrected chi connectivity index (χ2v) is 28.2. The van der Waals surface area contributed by atoms with Crippen LogP contribution in [0.2, 0.25) is 0 Å². The number of ether oxygens (including phenoxy) is 2. The molecular formula is C98H64O2. The smallest absolute Gasteiger partial charge is 0.132 e. The molecule has 0 aromatic heterocycles. The molecule has 0 N–H and O–H groups in total. The van der Waals surface area contributed by atoms with E-state index in [0.29, 0.717) is 0 Å². The molecule has 0 amide bonds. The normalized spacial score (nSPS) is 18.8. The van der Waals surface area contributed by atoms with Crippen LogP contribution in [-0.4, -0.2) is 0 Å². The largest absolute Gasteiger partial charge is 0.457 e. The van der Waals surface area contributed by atoms with Crippen LogP contribution in [0.1, 0.15) is 91.7 Å². The molecule has 0 fully saturated rings. The molecule has 468 valence electrons. The van der Waals surface area contributed by atoms with E-state index in [9.17, 15) is 0 Å². The van der Waals surface area contributed by atoms with Gasteiger partial charge in [0.1, 0.15) is 23.0 Å². The summed E-state index contributed by atoms with van der Waals surface area (Å²) in [6.45, 7) is 4.78. The van der Waals surface area contributed by atoms with Gasteiger partial charge >= 0.3 is 0 Å². The Kier molecular flexibility index (Phi) is 12.0. The topological polar surface area (TPSA) is 18.5 Å². The Labute approximate surface area is 582 Å². The first-order chi connectivity index (χ1) is 49.4. The fourth-order valence-corrected chi connectivity index (χ4v) is 19.4. The van der Waals surface area contributed by atoms with Crippen LogP contribution in [0.15, 0.2) is 352 Å². The standard InChI is InChI=1S/C98H64O2/c1-95(65-29-6-3-7-30-65)84-45-20-22-47-88(84)99-90-49-25-40-70(93(90)95)64-52-54-74-76-55-51-61-27-12-13-35-69(61)92(76)98(86(74)59-64)82-44-19-16-37-72(82)78-57-63(53-56-83(78)98)68-39-24-28-62-58-87-79(60-77(62)68)73-38-15-18-43-81(73)97(87,67-33-10-5-11-34-67)80-42-17-14-36-71(80)75-41-26-50-91-94(75)96(2,66-31-8-4-9-32-66)85-46-21-23-48-89(85)100-91/h3-60H,1-2H3. The Balaban J connectivity index is 0.762. The van der Waals surface area contributed by atoms with E-state index < -0.39 is 21.7 Å². The quantitative estimate of drug-likeness (QED) is 0.158. The highest BCUT2D eigenvalue weighted by atomic mass is 16.5. The van der Waals surface area contributed by atoms with E-state index in [0.717, 1.165) is 56.4 Å². The van der Waals surface area contributed by atoms with Crippen molar-refractivity contribution in [1.82, 2.24) is 0 Å². The van der Waals surface area contributed by atoms with E-state index in [1.54, 1.807) is 0 Å². The zero-order chi connectivity index (χ0) is 66.1. The maximum Gasteiger partial charge on any atom is 0.132 e. The molecule has 2 heteroatoms. The minimum absolute atomic E-state index is 0.513. The summed E-state index contributed by atoms with van der Waals surface area (Å²) in [7, 11) is 0. The van der Waals surface area contributed by atoms with Crippen molar-refractivity contribution in [2.45, 2.75) is 35.5 Å². The average molecular weight is 1270 g/mol. The van der Waals surface area contributed by atoms with E-state index in [2.05, 4.69) is 366 Å². The molecule has 5 aliphatic rings. The fourth-order valence-electron chi connectivity index (χ4n) is 19.4. The number of hydrogen-bond donors (Lipinski definition) is 0. The third-order valence-electron chi connectivity index (χ3n) is 23.6.